The van der Waals surface area contributed by atoms with Crippen LogP contribution in [0.5, 0.6) is 11.5 Å². The van der Waals surface area contributed by atoms with Gasteiger partial charge in [0.15, 0.2) is 0 Å². The standard InChI is InChI=1S/C21H14F3N3O/c22-21(23,24)14-4-3-5-17(12-14)28-16-10-8-15(9-11-16)27-20-18-6-1-2-7-19(18)25-13-26-20/h1-13H,(H,25,26,27). The smallest absolute Gasteiger partial charge is 0.416 e. The molecule has 0 aliphatic rings. The predicted molar refractivity (Wildman–Crippen MR) is 101 cm³/mol. The highest BCUT2D eigenvalue weighted by atomic mass is 19.4. The van der Waals surface area contributed by atoms with Crippen LogP contribution in [0.1, 0.15) is 5.56 Å². The molecule has 3 aromatic carbocycles. The van der Waals surface area contributed by atoms with Gasteiger partial charge in [-0.2, -0.15) is 13.2 Å². The van der Waals surface area contributed by atoms with Gasteiger partial charge in [0.2, 0.25) is 0 Å². The van der Waals surface area contributed by atoms with Gasteiger partial charge in [-0.05, 0) is 54.6 Å². The minimum absolute atomic E-state index is 0.123. The SMILES string of the molecule is FC(F)(F)c1cccc(Oc2ccc(Nc3ncnc4ccccc34)cc2)c1. The lowest BCUT2D eigenvalue weighted by Gasteiger charge is -2.11. The number of anilines is 2. The maximum atomic E-state index is 12.8. The largest absolute Gasteiger partial charge is 0.457 e. The third-order valence-electron chi connectivity index (χ3n) is 4.06. The Labute approximate surface area is 158 Å². The van der Waals surface area contributed by atoms with Crippen molar-refractivity contribution in [2.24, 2.45) is 0 Å². The molecular formula is C21H14F3N3O. The molecule has 0 saturated heterocycles. The summed E-state index contributed by atoms with van der Waals surface area (Å²) in [5.41, 5.74) is 0.837. The summed E-state index contributed by atoms with van der Waals surface area (Å²) in [6.45, 7) is 0. The maximum Gasteiger partial charge on any atom is 0.416 e. The lowest BCUT2D eigenvalue weighted by molar-refractivity contribution is -0.137. The monoisotopic (exact) mass is 381 g/mol. The van der Waals surface area contributed by atoms with Gasteiger partial charge in [0.1, 0.15) is 23.6 Å². The van der Waals surface area contributed by atoms with Crippen molar-refractivity contribution >= 4 is 22.4 Å². The molecule has 0 bridgehead atoms. The van der Waals surface area contributed by atoms with E-state index in [1.54, 1.807) is 24.3 Å². The molecule has 0 spiro atoms. The highest BCUT2D eigenvalue weighted by Crippen LogP contribution is 2.33. The zero-order valence-electron chi connectivity index (χ0n) is 14.4. The molecule has 1 aromatic heterocycles. The number of hydrogen-bond acceptors (Lipinski definition) is 4. The van der Waals surface area contributed by atoms with Crippen LogP contribution >= 0.6 is 0 Å². The summed E-state index contributed by atoms with van der Waals surface area (Å²) < 4.78 is 43.9. The van der Waals surface area contributed by atoms with Crippen molar-refractivity contribution in [1.29, 1.82) is 0 Å². The summed E-state index contributed by atoms with van der Waals surface area (Å²) in [6, 6.07) is 19.3. The number of rotatable bonds is 4. The van der Waals surface area contributed by atoms with Crippen molar-refractivity contribution in [3.8, 4) is 11.5 Å². The Bertz CT molecular complexity index is 1110. The molecule has 4 rings (SSSR count). The fourth-order valence-electron chi connectivity index (χ4n) is 2.72. The molecular weight excluding hydrogens is 367 g/mol. The van der Waals surface area contributed by atoms with Crippen LogP contribution < -0.4 is 10.1 Å². The van der Waals surface area contributed by atoms with Crippen LogP contribution in [0.15, 0.2) is 79.1 Å². The van der Waals surface area contributed by atoms with Gasteiger partial charge < -0.3 is 10.1 Å². The quantitative estimate of drug-likeness (QED) is 0.458. The molecule has 28 heavy (non-hydrogen) atoms. The van der Waals surface area contributed by atoms with E-state index in [2.05, 4.69) is 15.3 Å². The summed E-state index contributed by atoms with van der Waals surface area (Å²) in [7, 11) is 0. The van der Waals surface area contributed by atoms with Gasteiger partial charge in [-0.3, -0.25) is 0 Å². The predicted octanol–water partition coefficient (Wildman–Crippen LogP) is 6.18. The van der Waals surface area contributed by atoms with Crippen LogP contribution in [-0.2, 0) is 6.18 Å². The first-order valence-corrected chi connectivity index (χ1v) is 8.41. The molecule has 0 aliphatic carbocycles. The zero-order chi connectivity index (χ0) is 19.6. The van der Waals surface area contributed by atoms with Gasteiger partial charge in [0.05, 0.1) is 11.1 Å². The van der Waals surface area contributed by atoms with Crippen LogP contribution in [0.2, 0.25) is 0 Å². The lowest BCUT2D eigenvalue weighted by Crippen LogP contribution is -2.04. The fraction of sp³-hybridized carbons (Fsp3) is 0.0476. The third kappa shape index (κ3) is 3.88. The Morgan fingerprint density at radius 2 is 1.57 bits per heavy atom. The van der Waals surface area contributed by atoms with E-state index in [0.717, 1.165) is 28.7 Å². The van der Waals surface area contributed by atoms with Crippen molar-refractivity contribution in [2.45, 2.75) is 6.18 Å². The maximum absolute atomic E-state index is 12.8. The number of ether oxygens (including phenoxy) is 1. The Hall–Kier alpha value is -3.61. The van der Waals surface area contributed by atoms with E-state index in [-0.39, 0.29) is 5.75 Å². The van der Waals surface area contributed by atoms with Gasteiger partial charge in [-0.1, -0.05) is 18.2 Å². The molecule has 4 nitrogen and oxygen atoms in total. The topological polar surface area (TPSA) is 47.0 Å². The van der Waals surface area contributed by atoms with E-state index in [4.69, 9.17) is 4.74 Å². The number of aromatic nitrogens is 2. The van der Waals surface area contributed by atoms with Crippen molar-refractivity contribution in [1.82, 2.24) is 9.97 Å². The highest BCUT2D eigenvalue weighted by molar-refractivity contribution is 5.90. The minimum atomic E-state index is -4.41. The average Bonchev–Trinajstić information content (AvgIpc) is 2.69. The zero-order valence-corrected chi connectivity index (χ0v) is 14.4. The van der Waals surface area contributed by atoms with Crippen LogP contribution in [0.4, 0.5) is 24.7 Å². The first-order valence-electron chi connectivity index (χ1n) is 8.41. The first-order chi connectivity index (χ1) is 13.5. The summed E-state index contributed by atoms with van der Waals surface area (Å²) >= 11 is 0. The Morgan fingerprint density at radius 3 is 2.36 bits per heavy atom. The van der Waals surface area contributed by atoms with Crippen LogP contribution in [0, 0.1) is 0 Å². The van der Waals surface area contributed by atoms with Gasteiger partial charge >= 0.3 is 6.18 Å². The number of para-hydroxylation sites is 1. The van der Waals surface area contributed by atoms with Gasteiger partial charge in [-0.25, -0.2) is 9.97 Å². The van der Waals surface area contributed by atoms with Gasteiger partial charge in [0.25, 0.3) is 0 Å². The van der Waals surface area contributed by atoms with E-state index < -0.39 is 11.7 Å². The first kappa shape index (κ1) is 17.8. The number of nitrogens with zero attached hydrogens (tertiary/aromatic N) is 2. The molecule has 0 saturated carbocycles. The Morgan fingerprint density at radius 1 is 0.786 bits per heavy atom. The number of alkyl halides is 3. The molecule has 1 heterocycles. The van der Waals surface area contributed by atoms with Crippen molar-refractivity contribution in [3.63, 3.8) is 0 Å². The molecule has 0 atom stereocenters. The highest BCUT2D eigenvalue weighted by Gasteiger charge is 2.30. The van der Waals surface area contributed by atoms with Crippen LogP contribution in [-0.4, -0.2) is 9.97 Å². The molecule has 140 valence electrons. The van der Waals surface area contributed by atoms with Crippen molar-refractivity contribution < 1.29 is 17.9 Å². The Kier molecular flexibility index (Phi) is 4.57. The minimum Gasteiger partial charge on any atom is -0.457 e. The number of fused-ring (bicyclic) bond motifs is 1. The number of nitrogens with one attached hydrogen (secondary N) is 1. The molecule has 0 amide bonds. The molecule has 0 fully saturated rings. The van der Waals surface area contributed by atoms with Crippen molar-refractivity contribution in [2.75, 3.05) is 5.32 Å². The van der Waals surface area contributed by atoms with E-state index in [1.807, 2.05) is 24.3 Å². The van der Waals surface area contributed by atoms with E-state index in [1.165, 1.54) is 18.5 Å². The van der Waals surface area contributed by atoms with Crippen LogP contribution in [0.25, 0.3) is 10.9 Å². The average molecular weight is 381 g/mol. The number of halogens is 3. The molecule has 1 N–H and O–H groups in total. The van der Waals surface area contributed by atoms with E-state index in [0.29, 0.717) is 11.6 Å². The summed E-state index contributed by atoms with van der Waals surface area (Å²) in [5, 5.41) is 4.10. The fourth-order valence-corrected chi connectivity index (χ4v) is 2.72. The summed E-state index contributed by atoms with van der Waals surface area (Å²) in [6.07, 6.45) is -2.93. The molecule has 0 unspecified atom stereocenters. The van der Waals surface area contributed by atoms with E-state index >= 15 is 0 Å². The normalized spacial score (nSPS) is 11.4. The number of benzene rings is 3. The molecule has 7 heteroatoms. The Balaban J connectivity index is 1.51. The van der Waals surface area contributed by atoms with Crippen molar-refractivity contribution in [3.05, 3.63) is 84.7 Å². The molecule has 0 radical (unpaired) electrons. The second kappa shape index (κ2) is 7.19. The van der Waals surface area contributed by atoms with Crippen LogP contribution in [0.3, 0.4) is 0 Å². The lowest BCUT2D eigenvalue weighted by atomic mass is 10.2. The molecule has 4 aromatic rings. The van der Waals surface area contributed by atoms with E-state index in [9.17, 15) is 13.2 Å². The third-order valence-corrected chi connectivity index (χ3v) is 4.06. The number of hydrogen-bond donors (Lipinski definition) is 1. The second-order valence-corrected chi connectivity index (χ2v) is 6.02. The summed E-state index contributed by atoms with van der Waals surface area (Å²) in [5.74, 6) is 1.21. The summed E-state index contributed by atoms with van der Waals surface area (Å²) in [4.78, 5) is 8.48. The second-order valence-electron chi connectivity index (χ2n) is 6.02. The van der Waals surface area contributed by atoms with Gasteiger partial charge in [0, 0.05) is 11.1 Å². The van der Waals surface area contributed by atoms with Gasteiger partial charge in [-0.15, -0.1) is 0 Å². The molecule has 0 aliphatic heterocycles.